The van der Waals surface area contributed by atoms with Gasteiger partial charge in [-0.3, -0.25) is 14.6 Å². The highest BCUT2D eigenvalue weighted by Crippen LogP contribution is 2.22. The number of nitrogens with zero attached hydrogens (tertiary/aromatic N) is 4. The van der Waals surface area contributed by atoms with Crippen molar-refractivity contribution in [3.63, 3.8) is 0 Å². The van der Waals surface area contributed by atoms with Crippen molar-refractivity contribution in [3.8, 4) is 0 Å². The minimum absolute atomic E-state index is 0.261. The average molecular weight is 364 g/mol. The summed E-state index contributed by atoms with van der Waals surface area (Å²) in [6.45, 7) is 2.57. The molecular weight excluding hydrogens is 348 g/mol. The van der Waals surface area contributed by atoms with Gasteiger partial charge in [0.2, 0.25) is 0 Å². The van der Waals surface area contributed by atoms with Gasteiger partial charge >= 0.3 is 10.8 Å². The molecule has 1 unspecified atom stereocenters. The summed E-state index contributed by atoms with van der Waals surface area (Å²) < 4.78 is 2.43. The Labute approximate surface area is 136 Å². The number of likely N-dealkylation sites (N-methyl/N-ethyl adjacent to an activating group) is 2. The molecule has 2 heterocycles. The molecule has 0 N–H and O–H groups in total. The fraction of sp³-hybridized carbons (Fsp3) is 0.333. The number of benzene rings is 1. The largest absolute Gasteiger partial charge is 0.365 e. The van der Waals surface area contributed by atoms with E-state index in [-0.39, 0.29) is 11.9 Å². The predicted octanol–water partition coefficient (Wildman–Crippen LogP) is 1.56. The maximum atomic E-state index is 12.5. The normalized spacial score (nSPS) is 21.5. The van der Waals surface area contributed by atoms with Crippen LogP contribution < -0.4 is 0 Å². The van der Waals surface area contributed by atoms with Gasteiger partial charge in [0.15, 0.2) is 0 Å². The lowest BCUT2D eigenvalue weighted by atomic mass is 10.1. The van der Waals surface area contributed by atoms with Crippen LogP contribution in [0.3, 0.4) is 0 Å². The molecule has 1 fully saturated rings. The third-order valence-electron chi connectivity index (χ3n) is 3.96. The molecule has 6 nitrogen and oxygen atoms in total. The number of aryl methyl sites for hydroxylation is 1. The van der Waals surface area contributed by atoms with E-state index in [1.165, 1.54) is 17.5 Å². The first-order valence-corrected chi connectivity index (χ1v) is 7.68. The predicted molar refractivity (Wildman–Crippen MR) is 86.2 cm³/mol. The van der Waals surface area contributed by atoms with Gasteiger partial charge in [-0.25, -0.2) is 9.37 Å². The molecule has 0 bridgehead atoms. The zero-order chi connectivity index (χ0) is 16.0. The minimum Gasteiger partial charge on any atom is -0.269 e. The van der Waals surface area contributed by atoms with Crippen LogP contribution in [0.2, 0.25) is 0 Å². The van der Waals surface area contributed by atoms with E-state index in [1.54, 1.807) is 7.05 Å². The van der Waals surface area contributed by atoms with E-state index < -0.39 is 6.04 Å². The Hall–Kier alpha value is -2.02. The molecule has 7 heteroatoms. The summed E-state index contributed by atoms with van der Waals surface area (Å²) in [5.74, 6) is 0.204. The number of aliphatic imine (C=N–C) groups is 1. The Kier molecular flexibility index (Phi) is 3.60. The smallest absolute Gasteiger partial charge is 0.269 e. The first-order valence-electron chi connectivity index (χ1n) is 6.88. The summed E-state index contributed by atoms with van der Waals surface area (Å²) in [6.07, 6.45) is 0. The SMILES string of the molecule is Cc1ccc(C[N+]2=C(Br)N=C3C2C(=O)N(C)C(=O)N3C)cc1. The van der Waals surface area contributed by atoms with E-state index in [4.69, 9.17) is 0 Å². The topological polar surface area (TPSA) is 56.0 Å². The van der Waals surface area contributed by atoms with Gasteiger partial charge < -0.3 is 0 Å². The third kappa shape index (κ3) is 2.25. The van der Waals surface area contributed by atoms with Crippen LogP contribution in [0.1, 0.15) is 11.1 Å². The fourth-order valence-electron chi connectivity index (χ4n) is 2.62. The third-order valence-corrected chi connectivity index (χ3v) is 4.59. The molecule has 22 heavy (non-hydrogen) atoms. The minimum atomic E-state index is -0.566. The van der Waals surface area contributed by atoms with Gasteiger partial charge in [0.25, 0.3) is 17.8 Å². The van der Waals surface area contributed by atoms with E-state index >= 15 is 0 Å². The average Bonchev–Trinajstić information content (AvgIpc) is 2.82. The molecule has 1 aromatic carbocycles. The lowest BCUT2D eigenvalue weighted by Gasteiger charge is -2.30. The molecule has 3 amide bonds. The molecule has 3 rings (SSSR count). The lowest BCUT2D eigenvalue weighted by molar-refractivity contribution is -0.548. The monoisotopic (exact) mass is 363 g/mol. The maximum absolute atomic E-state index is 12.5. The number of fused-ring (bicyclic) bond motifs is 1. The van der Waals surface area contributed by atoms with Gasteiger partial charge in [-0.1, -0.05) is 29.8 Å². The molecular formula is C15H16BrN4O2+. The Balaban J connectivity index is 1.93. The Morgan fingerprint density at radius 2 is 1.82 bits per heavy atom. The van der Waals surface area contributed by atoms with Crippen LogP contribution in [0.15, 0.2) is 29.3 Å². The van der Waals surface area contributed by atoms with Crippen LogP contribution in [-0.2, 0) is 11.3 Å². The fourth-order valence-corrected chi connectivity index (χ4v) is 3.13. The summed E-state index contributed by atoms with van der Waals surface area (Å²) in [5.41, 5.74) is 2.26. The van der Waals surface area contributed by atoms with E-state index in [2.05, 4.69) is 20.9 Å². The number of hydrogen-bond donors (Lipinski definition) is 0. The Bertz CT molecular complexity index is 724. The molecule has 1 aromatic rings. The highest BCUT2D eigenvalue weighted by atomic mass is 79.9. The quantitative estimate of drug-likeness (QED) is 0.591. The zero-order valence-corrected chi connectivity index (χ0v) is 14.2. The molecule has 0 radical (unpaired) electrons. The van der Waals surface area contributed by atoms with Crippen LogP contribution in [0, 0.1) is 6.92 Å². The Morgan fingerprint density at radius 1 is 1.18 bits per heavy atom. The van der Waals surface area contributed by atoms with Crippen LogP contribution in [0.5, 0.6) is 0 Å². The summed E-state index contributed by atoms with van der Waals surface area (Å²) in [7, 11) is 3.13. The number of amides is 3. The number of hydrogen-bond acceptors (Lipinski definition) is 3. The van der Waals surface area contributed by atoms with Crippen LogP contribution in [0.25, 0.3) is 0 Å². The van der Waals surface area contributed by atoms with Crippen LogP contribution in [0.4, 0.5) is 4.79 Å². The number of urea groups is 1. The first-order chi connectivity index (χ1) is 10.4. The van der Waals surface area contributed by atoms with Crippen molar-refractivity contribution in [2.45, 2.75) is 19.5 Å². The van der Waals surface area contributed by atoms with Crippen molar-refractivity contribution in [2.75, 3.05) is 14.1 Å². The van der Waals surface area contributed by atoms with Crippen molar-refractivity contribution in [3.05, 3.63) is 35.4 Å². The van der Waals surface area contributed by atoms with Crippen LogP contribution in [-0.4, -0.2) is 57.0 Å². The van der Waals surface area contributed by atoms with Crippen molar-refractivity contribution in [1.82, 2.24) is 9.80 Å². The lowest BCUT2D eigenvalue weighted by Crippen LogP contribution is -2.61. The number of halogens is 1. The molecule has 1 saturated heterocycles. The van der Waals surface area contributed by atoms with Crippen molar-refractivity contribution in [2.24, 2.45) is 4.99 Å². The number of imide groups is 1. The van der Waals surface area contributed by atoms with Gasteiger partial charge in [-0.05, 0) is 17.5 Å². The summed E-state index contributed by atoms with van der Waals surface area (Å²) in [6, 6.07) is 7.19. The van der Waals surface area contributed by atoms with Gasteiger partial charge in [-0.15, -0.1) is 0 Å². The number of carbonyl (C=O) groups is 2. The second-order valence-electron chi connectivity index (χ2n) is 5.49. The highest BCUT2D eigenvalue weighted by Gasteiger charge is 2.52. The molecule has 1 atom stereocenters. The summed E-state index contributed by atoms with van der Waals surface area (Å²) in [5, 5.41) is 0. The molecule has 2 aliphatic rings. The van der Waals surface area contributed by atoms with E-state index in [0.717, 1.165) is 10.5 Å². The summed E-state index contributed by atoms with van der Waals surface area (Å²) >= 11 is 3.41. The van der Waals surface area contributed by atoms with Gasteiger partial charge in [0, 0.05) is 14.1 Å². The highest BCUT2D eigenvalue weighted by molar-refractivity contribution is 9.18. The van der Waals surface area contributed by atoms with E-state index in [0.29, 0.717) is 17.1 Å². The van der Waals surface area contributed by atoms with Crippen molar-refractivity contribution >= 4 is 38.4 Å². The van der Waals surface area contributed by atoms with Crippen molar-refractivity contribution < 1.29 is 14.2 Å². The number of carbonyl (C=O) groups excluding carboxylic acids is 2. The molecule has 0 saturated carbocycles. The summed E-state index contributed by atoms with van der Waals surface area (Å²) in [4.78, 5) is 31.4. The second kappa shape index (κ2) is 5.31. The van der Waals surface area contributed by atoms with E-state index in [9.17, 15) is 9.59 Å². The van der Waals surface area contributed by atoms with Crippen LogP contribution >= 0.6 is 15.9 Å². The number of rotatable bonds is 2. The first kappa shape index (κ1) is 14.9. The van der Waals surface area contributed by atoms with Gasteiger partial charge in [0.1, 0.15) is 6.54 Å². The molecule has 2 aliphatic heterocycles. The van der Waals surface area contributed by atoms with Gasteiger partial charge in [0.05, 0.1) is 15.9 Å². The number of amidine groups is 2. The maximum Gasteiger partial charge on any atom is 0.365 e. The molecule has 114 valence electrons. The second-order valence-corrected chi connectivity index (χ2v) is 6.20. The molecule has 0 aromatic heterocycles. The molecule has 0 aliphatic carbocycles. The van der Waals surface area contributed by atoms with E-state index in [1.807, 2.05) is 35.8 Å². The molecule has 0 spiro atoms. The Morgan fingerprint density at radius 3 is 2.45 bits per heavy atom. The zero-order valence-electron chi connectivity index (χ0n) is 12.6. The standard InChI is InChI=1S/C15H16BrN4O2/c1-9-4-6-10(7-5-9)8-20-11-12(17-14(20)16)18(2)15(22)19(3)13(11)21/h4-7,11H,8H2,1-3H3/q+1. The van der Waals surface area contributed by atoms with Crippen molar-refractivity contribution in [1.29, 1.82) is 0 Å². The van der Waals surface area contributed by atoms with Gasteiger partial charge in [-0.2, -0.15) is 0 Å².